The van der Waals surface area contributed by atoms with Crippen LogP contribution in [0.15, 0.2) is 60.8 Å². The van der Waals surface area contributed by atoms with Crippen molar-refractivity contribution in [1.82, 2.24) is 0 Å². The topological polar surface area (TPSA) is 64.5 Å². The predicted molar refractivity (Wildman–Crippen MR) is 101 cm³/mol. The quantitative estimate of drug-likeness (QED) is 0.301. The standard InChI is InChI=1S/C20H20F5N3O/c1-12(26)7-19(28(27)18-6-4-3-5-17(18)22)15-8-14(9-16(21)10-15)11-29-13(2)20(23,24)25/h3-10,13H,1,11,26-27H2,2H3/b19-7-/t13-/m1/s1. The van der Waals surface area contributed by atoms with Crippen molar-refractivity contribution in [2.45, 2.75) is 25.8 Å². The molecule has 0 radical (unpaired) electrons. The summed E-state index contributed by atoms with van der Waals surface area (Å²) in [4.78, 5) is 0. The molecule has 0 saturated heterocycles. The van der Waals surface area contributed by atoms with E-state index in [1.165, 1.54) is 30.3 Å². The van der Waals surface area contributed by atoms with Crippen LogP contribution in [0.3, 0.4) is 0 Å². The van der Waals surface area contributed by atoms with Gasteiger partial charge in [-0.1, -0.05) is 18.7 Å². The fourth-order valence-corrected chi connectivity index (χ4v) is 2.44. The fourth-order valence-electron chi connectivity index (χ4n) is 2.44. The van der Waals surface area contributed by atoms with Crippen molar-refractivity contribution in [2.24, 2.45) is 11.6 Å². The second kappa shape index (κ2) is 9.06. The van der Waals surface area contributed by atoms with Gasteiger partial charge in [0.15, 0.2) is 6.10 Å². The molecule has 0 spiro atoms. The number of nitrogens with zero attached hydrogens (tertiary/aromatic N) is 1. The predicted octanol–water partition coefficient (Wildman–Crippen LogP) is 4.63. The number of rotatable bonds is 7. The van der Waals surface area contributed by atoms with Crippen molar-refractivity contribution < 1.29 is 26.7 Å². The van der Waals surface area contributed by atoms with Crippen LogP contribution in [0.1, 0.15) is 18.1 Å². The third kappa shape index (κ3) is 6.03. The normalized spacial score (nSPS) is 13.3. The second-order valence-corrected chi connectivity index (χ2v) is 6.27. The Labute approximate surface area is 164 Å². The number of hydrazine groups is 1. The molecular weight excluding hydrogens is 393 g/mol. The van der Waals surface area contributed by atoms with Crippen LogP contribution in [0.25, 0.3) is 5.70 Å². The van der Waals surface area contributed by atoms with Crippen molar-refractivity contribution in [3.63, 3.8) is 0 Å². The maximum absolute atomic E-state index is 14.1. The van der Waals surface area contributed by atoms with Gasteiger partial charge in [-0.05, 0) is 48.9 Å². The molecule has 9 heteroatoms. The SMILES string of the molecule is C=C(N)/C=C(/c1cc(F)cc(CO[C@H](C)C(F)(F)F)c1)N(N)c1ccccc1F. The minimum Gasteiger partial charge on any atom is -0.399 e. The fraction of sp³-hybridized carbons (Fsp3) is 0.200. The zero-order valence-electron chi connectivity index (χ0n) is 15.5. The largest absolute Gasteiger partial charge is 0.414 e. The lowest BCUT2D eigenvalue weighted by Gasteiger charge is -2.24. The molecule has 0 aliphatic carbocycles. The minimum absolute atomic E-state index is 0.0206. The van der Waals surface area contributed by atoms with Gasteiger partial charge in [0.2, 0.25) is 0 Å². The number of para-hydroxylation sites is 1. The van der Waals surface area contributed by atoms with Gasteiger partial charge in [-0.25, -0.2) is 14.6 Å². The van der Waals surface area contributed by atoms with Gasteiger partial charge in [-0.15, -0.1) is 0 Å². The lowest BCUT2D eigenvalue weighted by atomic mass is 10.1. The number of halogens is 5. The number of benzene rings is 2. The molecule has 4 nitrogen and oxygen atoms in total. The highest BCUT2D eigenvalue weighted by Gasteiger charge is 2.36. The molecule has 0 aliphatic rings. The molecular formula is C20H20F5N3O. The molecule has 0 unspecified atom stereocenters. The van der Waals surface area contributed by atoms with E-state index in [0.29, 0.717) is 0 Å². The van der Waals surface area contributed by atoms with Crippen LogP contribution in [0.2, 0.25) is 0 Å². The van der Waals surface area contributed by atoms with Crippen molar-refractivity contribution >= 4 is 11.4 Å². The zero-order valence-corrected chi connectivity index (χ0v) is 15.5. The smallest absolute Gasteiger partial charge is 0.399 e. The Hall–Kier alpha value is -2.91. The first-order valence-corrected chi connectivity index (χ1v) is 8.42. The van der Waals surface area contributed by atoms with Gasteiger partial charge < -0.3 is 10.5 Å². The highest BCUT2D eigenvalue weighted by atomic mass is 19.4. The van der Waals surface area contributed by atoms with E-state index in [0.717, 1.165) is 24.1 Å². The highest BCUT2D eigenvalue weighted by molar-refractivity contribution is 5.80. The van der Waals surface area contributed by atoms with E-state index in [1.807, 2.05) is 0 Å². The molecule has 0 aliphatic heterocycles. The minimum atomic E-state index is -4.54. The number of allylic oxidation sites excluding steroid dienone is 1. The number of hydrogen-bond acceptors (Lipinski definition) is 4. The monoisotopic (exact) mass is 413 g/mol. The maximum Gasteiger partial charge on any atom is 0.414 e. The molecule has 2 aromatic carbocycles. The number of hydrogen-bond donors (Lipinski definition) is 2. The third-order valence-corrected chi connectivity index (χ3v) is 3.91. The summed E-state index contributed by atoms with van der Waals surface area (Å²) in [6, 6.07) is 9.11. The van der Waals surface area contributed by atoms with Gasteiger partial charge in [-0.3, -0.25) is 5.01 Å². The number of nitrogens with two attached hydrogens (primary N) is 2. The van der Waals surface area contributed by atoms with Gasteiger partial charge in [-0.2, -0.15) is 13.2 Å². The molecule has 0 bridgehead atoms. The van der Waals surface area contributed by atoms with Crippen molar-refractivity contribution in [3.05, 3.63) is 83.6 Å². The molecule has 0 amide bonds. The molecule has 0 aromatic heterocycles. The van der Waals surface area contributed by atoms with Gasteiger partial charge in [0, 0.05) is 11.3 Å². The van der Waals surface area contributed by atoms with Crippen LogP contribution in [0.5, 0.6) is 0 Å². The average Bonchev–Trinajstić information content (AvgIpc) is 2.62. The van der Waals surface area contributed by atoms with Gasteiger partial charge >= 0.3 is 6.18 Å². The molecule has 29 heavy (non-hydrogen) atoms. The molecule has 2 rings (SSSR count). The van der Waals surface area contributed by atoms with E-state index in [2.05, 4.69) is 6.58 Å². The zero-order chi connectivity index (χ0) is 21.8. The Kier molecular flexibility index (Phi) is 6.99. The highest BCUT2D eigenvalue weighted by Crippen LogP contribution is 2.28. The summed E-state index contributed by atoms with van der Waals surface area (Å²) in [6.07, 6.45) is -5.28. The Morgan fingerprint density at radius 2 is 1.86 bits per heavy atom. The van der Waals surface area contributed by atoms with Crippen molar-refractivity contribution in [2.75, 3.05) is 5.01 Å². The Morgan fingerprint density at radius 1 is 1.21 bits per heavy atom. The summed E-state index contributed by atoms with van der Waals surface area (Å²) < 4.78 is 70.9. The Balaban J connectivity index is 2.41. The molecule has 156 valence electrons. The van der Waals surface area contributed by atoms with E-state index >= 15 is 0 Å². The van der Waals surface area contributed by atoms with E-state index < -0.39 is 30.5 Å². The van der Waals surface area contributed by atoms with E-state index in [9.17, 15) is 22.0 Å². The van der Waals surface area contributed by atoms with Crippen LogP contribution in [0.4, 0.5) is 27.6 Å². The van der Waals surface area contributed by atoms with Crippen molar-refractivity contribution in [1.29, 1.82) is 0 Å². The number of alkyl halides is 3. The summed E-state index contributed by atoms with van der Waals surface area (Å²) in [5.41, 5.74) is 6.03. The van der Waals surface area contributed by atoms with E-state index in [4.69, 9.17) is 16.3 Å². The molecule has 4 N–H and O–H groups in total. The molecule has 1 atom stereocenters. The van der Waals surface area contributed by atoms with Crippen molar-refractivity contribution in [3.8, 4) is 0 Å². The van der Waals surface area contributed by atoms with Crippen LogP contribution < -0.4 is 16.6 Å². The summed E-state index contributed by atoms with van der Waals surface area (Å²) in [6.45, 7) is 3.89. The first-order chi connectivity index (χ1) is 13.5. The Bertz CT molecular complexity index is 911. The van der Waals surface area contributed by atoms with Crippen LogP contribution >= 0.6 is 0 Å². The average molecular weight is 413 g/mol. The molecule has 0 saturated carbocycles. The molecule has 0 heterocycles. The van der Waals surface area contributed by atoms with E-state index in [1.54, 1.807) is 6.07 Å². The maximum atomic E-state index is 14.1. The summed E-state index contributed by atoms with van der Waals surface area (Å²) in [5.74, 6) is 4.65. The number of anilines is 1. The van der Waals surface area contributed by atoms with Gasteiger partial charge in [0.25, 0.3) is 0 Å². The molecule has 2 aromatic rings. The van der Waals surface area contributed by atoms with Gasteiger partial charge in [0.05, 0.1) is 18.0 Å². The summed E-state index contributed by atoms with van der Waals surface area (Å²) >= 11 is 0. The van der Waals surface area contributed by atoms with E-state index in [-0.39, 0.29) is 28.2 Å². The lowest BCUT2D eigenvalue weighted by Crippen LogP contribution is -2.30. The number of ether oxygens (including phenoxy) is 1. The van der Waals surface area contributed by atoms with Crippen LogP contribution in [-0.2, 0) is 11.3 Å². The van der Waals surface area contributed by atoms with Gasteiger partial charge in [0.1, 0.15) is 11.6 Å². The first-order valence-electron chi connectivity index (χ1n) is 8.42. The molecule has 0 fully saturated rings. The van der Waals surface area contributed by atoms with Crippen LogP contribution in [0, 0.1) is 11.6 Å². The summed E-state index contributed by atoms with van der Waals surface area (Å²) in [5, 5.41) is 0.950. The Morgan fingerprint density at radius 3 is 2.45 bits per heavy atom. The lowest BCUT2D eigenvalue weighted by molar-refractivity contribution is -0.217. The second-order valence-electron chi connectivity index (χ2n) is 6.27. The third-order valence-electron chi connectivity index (χ3n) is 3.91. The van der Waals surface area contributed by atoms with Crippen LogP contribution in [-0.4, -0.2) is 12.3 Å². The summed E-state index contributed by atoms with van der Waals surface area (Å²) in [7, 11) is 0. The first kappa shape index (κ1) is 22.4.